The summed E-state index contributed by atoms with van der Waals surface area (Å²) >= 11 is 5.95. The molecular formula is C16H15ClF3N. The van der Waals surface area contributed by atoms with Gasteiger partial charge in [0.15, 0.2) is 17.5 Å². The molecule has 0 fully saturated rings. The first-order valence-corrected chi connectivity index (χ1v) is 7.04. The summed E-state index contributed by atoms with van der Waals surface area (Å²) in [5.41, 5.74) is 0.755. The Morgan fingerprint density at radius 3 is 2.52 bits per heavy atom. The van der Waals surface area contributed by atoms with Crippen LogP contribution in [0.2, 0.25) is 5.02 Å². The fourth-order valence-electron chi connectivity index (χ4n) is 2.15. The van der Waals surface area contributed by atoms with E-state index >= 15 is 0 Å². The molecule has 0 radical (unpaired) electrons. The normalized spacial score (nSPS) is 12.4. The van der Waals surface area contributed by atoms with Crippen molar-refractivity contribution in [2.45, 2.75) is 19.4 Å². The SMILES string of the molecule is CCCNC(c1cccc(Cl)c1)c1ccc(F)c(F)c1F. The first-order valence-electron chi connectivity index (χ1n) is 6.66. The van der Waals surface area contributed by atoms with Crippen LogP contribution in [-0.4, -0.2) is 6.54 Å². The molecule has 0 saturated heterocycles. The number of hydrogen-bond acceptors (Lipinski definition) is 1. The van der Waals surface area contributed by atoms with Crippen LogP contribution in [-0.2, 0) is 0 Å². The molecule has 0 amide bonds. The molecule has 5 heteroatoms. The van der Waals surface area contributed by atoms with Crippen LogP contribution in [0.1, 0.15) is 30.5 Å². The molecule has 2 aromatic carbocycles. The smallest absolute Gasteiger partial charge is 0.194 e. The number of hydrogen-bond donors (Lipinski definition) is 1. The maximum atomic E-state index is 14.0. The highest BCUT2D eigenvalue weighted by Crippen LogP contribution is 2.28. The zero-order valence-electron chi connectivity index (χ0n) is 11.5. The Morgan fingerprint density at radius 1 is 1.10 bits per heavy atom. The maximum absolute atomic E-state index is 14.0. The third kappa shape index (κ3) is 3.57. The number of halogens is 4. The van der Waals surface area contributed by atoms with Crippen molar-refractivity contribution in [3.8, 4) is 0 Å². The Morgan fingerprint density at radius 2 is 1.86 bits per heavy atom. The van der Waals surface area contributed by atoms with Crippen molar-refractivity contribution < 1.29 is 13.2 Å². The van der Waals surface area contributed by atoms with Crippen molar-refractivity contribution in [1.82, 2.24) is 5.32 Å². The van der Waals surface area contributed by atoms with Crippen molar-refractivity contribution in [2.24, 2.45) is 0 Å². The predicted molar refractivity (Wildman–Crippen MR) is 77.9 cm³/mol. The number of benzene rings is 2. The topological polar surface area (TPSA) is 12.0 Å². The maximum Gasteiger partial charge on any atom is 0.194 e. The lowest BCUT2D eigenvalue weighted by molar-refractivity contribution is 0.432. The van der Waals surface area contributed by atoms with Gasteiger partial charge in [-0.05, 0) is 36.7 Å². The van der Waals surface area contributed by atoms with Gasteiger partial charge in [-0.3, -0.25) is 0 Å². The molecule has 1 N–H and O–H groups in total. The fraction of sp³-hybridized carbons (Fsp3) is 0.250. The molecule has 1 unspecified atom stereocenters. The van der Waals surface area contributed by atoms with Gasteiger partial charge < -0.3 is 5.32 Å². The highest BCUT2D eigenvalue weighted by Gasteiger charge is 2.22. The predicted octanol–water partition coefficient (Wildman–Crippen LogP) is 4.85. The molecule has 0 aliphatic rings. The molecule has 0 aromatic heterocycles. The third-order valence-corrected chi connectivity index (χ3v) is 3.39. The second kappa shape index (κ2) is 6.96. The van der Waals surface area contributed by atoms with Crippen molar-refractivity contribution in [3.05, 3.63) is 70.0 Å². The van der Waals surface area contributed by atoms with Gasteiger partial charge in [0.2, 0.25) is 0 Å². The van der Waals surface area contributed by atoms with Gasteiger partial charge in [-0.1, -0.05) is 36.7 Å². The molecule has 0 heterocycles. The van der Waals surface area contributed by atoms with Gasteiger partial charge in [-0.2, -0.15) is 0 Å². The summed E-state index contributed by atoms with van der Waals surface area (Å²) in [7, 11) is 0. The van der Waals surface area contributed by atoms with Crippen LogP contribution in [0, 0.1) is 17.5 Å². The Bertz CT molecular complexity index is 631. The molecule has 1 atom stereocenters. The van der Waals surface area contributed by atoms with Crippen LogP contribution in [0.4, 0.5) is 13.2 Å². The lowest BCUT2D eigenvalue weighted by atomic mass is 9.97. The summed E-state index contributed by atoms with van der Waals surface area (Å²) in [5, 5.41) is 3.63. The minimum atomic E-state index is -1.46. The van der Waals surface area contributed by atoms with Gasteiger partial charge in [0.1, 0.15) is 0 Å². The van der Waals surface area contributed by atoms with Crippen LogP contribution in [0.3, 0.4) is 0 Å². The molecule has 0 bridgehead atoms. The van der Waals surface area contributed by atoms with Crippen molar-refractivity contribution in [3.63, 3.8) is 0 Å². The van der Waals surface area contributed by atoms with Gasteiger partial charge in [-0.15, -0.1) is 0 Å². The number of nitrogens with one attached hydrogen (secondary N) is 1. The molecule has 0 aliphatic heterocycles. The van der Waals surface area contributed by atoms with Gasteiger partial charge in [0.25, 0.3) is 0 Å². The largest absolute Gasteiger partial charge is 0.306 e. The van der Waals surface area contributed by atoms with E-state index < -0.39 is 23.5 Å². The minimum absolute atomic E-state index is 0.0598. The van der Waals surface area contributed by atoms with Gasteiger partial charge in [-0.25, -0.2) is 13.2 Å². The first-order chi connectivity index (χ1) is 10.0. The highest BCUT2D eigenvalue weighted by atomic mass is 35.5. The summed E-state index contributed by atoms with van der Waals surface area (Å²) in [6, 6.07) is 8.47. The fourth-order valence-corrected chi connectivity index (χ4v) is 2.34. The third-order valence-electron chi connectivity index (χ3n) is 3.16. The molecule has 2 rings (SSSR count). The van der Waals surface area contributed by atoms with Crippen molar-refractivity contribution >= 4 is 11.6 Å². The number of rotatable bonds is 5. The molecule has 0 aliphatic carbocycles. The van der Waals surface area contributed by atoms with Gasteiger partial charge >= 0.3 is 0 Å². The molecule has 112 valence electrons. The monoisotopic (exact) mass is 313 g/mol. The van der Waals surface area contributed by atoms with E-state index in [9.17, 15) is 13.2 Å². The highest BCUT2D eigenvalue weighted by molar-refractivity contribution is 6.30. The summed E-state index contributed by atoms with van der Waals surface area (Å²) in [6.45, 7) is 2.57. The molecule has 0 spiro atoms. The molecule has 2 aromatic rings. The van der Waals surface area contributed by atoms with E-state index in [1.165, 1.54) is 6.07 Å². The van der Waals surface area contributed by atoms with Crippen molar-refractivity contribution in [1.29, 1.82) is 0 Å². The minimum Gasteiger partial charge on any atom is -0.306 e. The van der Waals surface area contributed by atoms with Crippen LogP contribution < -0.4 is 5.32 Å². The zero-order chi connectivity index (χ0) is 15.4. The Labute approximate surface area is 126 Å². The van der Waals surface area contributed by atoms with E-state index in [1.54, 1.807) is 24.3 Å². The lowest BCUT2D eigenvalue weighted by Gasteiger charge is -2.20. The molecular weight excluding hydrogens is 299 g/mol. The van der Waals surface area contributed by atoms with Crippen LogP contribution in [0.25, 0.3) is 0 Å². The second-order valence-electron chi connectivity index (χ2n) is 4.71. The summed E-state index contributed by atoms with van der Waals surface area (Å²) in [4.78, 5) is 0. The average molecular weight is 314 g/mol. The molecule has 21 heavy (non-hydrogen) atoms. The standard InChI is InChI=1S/C16H15ClF3N/c1-2-8-21-16(10-4-3-5-11(17)9-10)12-6-7-13(18)15(20)14(12)19/h3-7,9,16,21H,2,8H2,1H3. The summed E-state index contributed by atoms with van der Waals surface area (Å²) < 4.78 is 40.6. The van der Waals surface area contributed by atoms with Crippen LogP contribution in [0.15, 0.2) is 36.4 Å². The van der Waals surface area contributed by atoms with E-state index in [-0.39, 0.29) is 5.56 Å². The second-order valence-corrected chi connectivity index (χ2v) is 5.14. The average Bonchev–Trinajstić information content (AvgIpc) is 2.47. The summed E-state index contributed by atoms with van der Waals surface area (Å²) in [5.74, 6) is -3.84. The summed E-state index contributed by atoms with van der Waals surface area (Å²) in [6.07, 6.45) is 0.822. The van der Waals surface area contributed by atoms with E-state index in [2.05, 4.69) is 5.32 Å². The van der Waals surface area contributed by atoms with Crippen LogP contribution >= 0.6 is 11.6 Å². The molecule has 0 saturated carbocycles. The van der Waals surface area contributed by atoms with Crippen LogP contribution in [0.5, 0.6) is 0 Å². The Balaban J connectivity index is 2.48. The van der Waals surface area contributed by atoms with Gasteiger partial charge in [0.05, 0.1) is 6.04 Å². The first kappa shape index (κ1) is 15.9. The quantitative estimate of drug-likeness (QED) is 0.778. The Hall–Kier alpha value is -1.52. The van der Waals surface area contributed by atoms with E-state index in [4.69, 9.17) is 11.6 Å². The lowest BCUT2D eigenvalue weighted by Crippen LogP contribution is -2.24. The zero-order valence-corrected chi connectivity index (χ0v) is 12.2. The Kier molecular flexibility index (Phi) is 5.26. The van der Waals surface area contributed by atoms with E-state index in [0.717, 1.165) is 12.5 Å². The van der Waals surface area contributed by atoms with Gasteiger partial charge in [0, 0.05) is 10.6 Å². The van der Waals surface area contributed by atoms with E-state index in [0.29, 0.717) is 17.1 Å². The van der Waals surface area contributed by atoms with E-state index in [1.807, 2.05) is 6.92 Å². The molecule has 1 nitrogen and oxygen atoms in total. The van der Waals surface area contributed by atoms with Crippen molar-refractivity contribution in [2.75, 3.05) is 6.54 Å².